The maximum absolute atomic E-state index is 5.76. The van der Waals surface area contributed by atoms with Crippen molar-refractivity contribution in [2.24, 2.45) is 0 Å². The van der Waals surface area contributed by atoms with Crippen LogP contribution in [0.4, 0.5) is 0 Å². The van der Waals surface area contributed by atoms with Gasteiger partial charge < -0.3 is 9.13 Å². The second kappa shape index (κ2) is 13.2. The van der Waals surface area contributed by atoms with Crippen molar-refractivity contribution in [2.45, 2.75) is 90.7 Å². The van der Waals surface area contributed by atoms with E-state index in [1.807, 2.05) is 23.5 Å². The van der Waals surface area contributed by atoms with Crippen LogP contribution in [-0.2, 0) is 23.9 Å². The van der Waals surface area contributed by atoms with Crippen LogP contribution in [0.25, 0.3) is 0 Å². The molecule has 0 aliphatic carbocycles. The predicted octanol–water partition coefficient (Wildman–Crippen LogP) is 9.43. The molecule has 0 saturated heterocycles. The molecule has 4 heterocycles. The van der Waals surface area contributed by atoms with E-state index in [1.165, 1.54) is 38.8 Å². The molecule has 2 aliphatic heterocycles. The van der Waals surface area contributed by atoms with Gasteiger partial charge in [0.1, 0.15) is 9.28 Å². The van der Waals surface area contributed by atoms with E-state index in [-0.39, 0.29) is 11.1 Å². The first-order chi connectivity index (χ1) is 17.5. The number of fused-ring (bicyclic) bond motifs is 2. The highest BCUT2D eigenvalue weighted by Gasteiger charge is 2.27. The van der Waals surface area contributed by atoms with Gasteiger partial charge in [-0.05, 0) is 106 Å². The summed E-state index contributed by atoms with van der Waals surface area (Å²) < 4.78 is 6.41. The summed E-state index contributed by atoms with van der Waals surface area (Å²) in [7, 11) is 0. The fourth-order valence-corrected chi connectivity index (χ4v) is 12.3. The summed E-state index contributed by atoms with van der Waals surface area (Å²) in [5.74, 6) is 6.99. The summed E-state index contributed by atoms with van der Waals surface area (Å²) in [4.78, 5) is 2.66. The lowest BCUT2D eigenvalue weighted by Crippen LogP contribution is -2.29. The minimum absolute atomic E-state index is 0.0207. The molecule has 0 saturated carbocycles. The summed E-state index contributed by atoms with van der Waals surface area (Å²) in [6.07, 6.45) is 5.64. The van der Waals surface area contributed by atoms with E-state index in [2.05, 4.69) is 72.5 Å². The average Bonchev–Trinajstić information content (AvgIpc) is 3.47. The van der Waals surface area contributed by atoms with Gasteiger partial charge in [-0.25, -0.2) is 0 Å². The van der Waals surface area contributed by atoms with Gasteiger partial charge in [-0.15, -0.1) is 48.8 Å². The van der Waals surface area contributed by atoms with E-state index in [0.717, 1.165) is 68.0 Å². The molecule has 0 radical (unpaired) electrons. The van der Waals surface area contributed by atoms with Crippen molar-refractivity contribution >= 4 is 96.7 Å². The van der Waals surface area contributed by atoms with Gasteiger partial charge in [0.15, 0.2) is 0 Å². The van der Waals surface area contributed by atoms with Crippen LogP contribution in [0.5, 0.6) is 0 Å². The number of thiol groups is 2. The van der Waals surface area contributed by atoms with E-state index < -0.39 is 0 Å². The van der Waals surface area contributed by atoms with Crippen LogP contribution in [0.2, 0.25) is 0 Å². The monoisotopic (exact) mass is 646 g/mol. The number of rotatable bonds is 12. The third-order valence-corrected chi connectivity index (χ3v) is 13.1. The Morgan fingerprint density at radius 2 is 1.16 bits per heavy atom. The molecule has 0 N–H and O–H groups in total. The van der Waals surface area contributed by atoms with Gasteiger partial charge in [0.05, 0.1) is 10.1 Å². The van der Waals surface area contributed by atoms with Gasteiger partial charge in [-0.1, -0.05) is 24.4 Å². The maximum atomic E-state index is 5.76. The lowest BCUT2D eigenvalue weighted by molar-refractivity contribution is 0.314. The summed E-state index contributed by atoms with van der Waals surface area (Å²) in [6, 6.07) is 4.37. The van der Waals surface area contributed by atoms with Gasteiger partial charge >= 0.3 is 0 Å². The number of aromatic nitrogens is 2. The highest BCUT2D eigenvalue weighted by atomic mass is 32.2. The first-order valence-corrected chi connectivity index (χ1v) is 18.9. The normalized spacial score (nSPS) is 15.3. The van der Waals surface area contributed by atoms with Gasteiger partial charge in [0, 0.05) is 32.4 Å². The van der Waals surface area contributed by atoms with Crippen molar-refractivity contribution in [3.05, 3.63) is 32.5 Å². The third-order valence-electron chi connectivity index (χ3n) is 7.23. The Bertz CT molecular complexity index is 1150. The Morgan fingerprint density at radius 3 is 1.57 bits per heavy atom. The van der Waals surface area contributed by atoms with Gasteiger partial charge in [-0.3, -0.25) is 0 Å². The van der Waals surface area contributed by atoms with Crippen molar-refractivity contribution in [1.82, 2.24) is 9.13 Å². The molecule has 10 heteroatoms. The standard InChI is InChI=1S/C27H38N2S8/c1-26(2,28-22(30)16-20-18(24(28)32)6-12-36-20)8-14-34-10-5-11-35-15-9-27(3,4)29-23(31)17-21-19(25(29)33)7-13-37-21/h16-17,32-33H,5-15H2,1-4H3. The van der Waals surface area contributed by atoms with Crippen LogP contribution < -0.4 is 0 Å². The minimum atomic E-state index is -0.0207. The Labute approximate surface area is 261 Å². The van der Waals surface area contributed by atoms with E-state index in [9.17, 15) is 0 Å². The largest absolute Gasteiger partial charge is 0.322 e. The maximum Gasteiger partial charge on any atom is 0.108 e. The molecular weight excluding hydrogens is 609 g/mol. The van der Waals surface area contributed by atoms with E-state index in [0.29, 0.717) is 0 Å². The Kier molecular flexibility index (Phi) is 11.0. The van der Waals surface area contributed by atoms with E-state index in [1.54, 1.807) is 0 Å². The summed E-state index contributed by atoms with van der Waals surface area (Å²) in [6.45, 7) is 9.21. The molecule has 204 valence electrons. The second-order valence-corrected chi connectivity index (χ2v) is 17.3. The molecule has 0 aromatic carbocycles. The molecular formula is C27H38N2S8. The van der Waals surface area contributed by atoms with E-state index >= 15 is 0 Å². The molecule has 0 fully saturated rings. The zero-order valence-corrected chi connectivity index (χ0v) is 28.9. The lowest BCUT2D eigenvalue weighted by atomic mass is 10.0. The number of thioether (sulfide) groups is 4. The molecule has 0 bridgehead atoms. The van der Waals surface area contributed by atoms with Crippen LogP contribution >= 0.6 is 96.7 Å². The SMILES string of the molecule is CC(C)(CCSCCCSCCC(C)(C)n1c(S)c2c(cc1=S)SCC2)n1c(S)c2c(cc1=S)SCC2. The topological polar surface area (TPSA) is 9.86 Å². The fraction of sp³-hybridized carbons (Fsp3) is 0.630. The molecule has 2 aliphatic rings. The average molecular weight is 647 g/mol. The van der Waals surface area contributed by atoms with Gasteiger partial charge in [0.25, 0.3) is 0 Å². The molecule has 0 spiro atoms. The van der Waals surface area contributed by atoms with Gasteiger partial charge in [-0.2, -0.15) is 23.5 Å². The van der Waals surface area contributed by atoms with E-state index in [4.69, 9.17) is 49.7 Å². The van der Waals surface area contributed by atoms with Crippen molar-refractivity contribution < 1.29 is 0 Å². The quantitative estimate of drug-likeness (QED) is 0.134. The Hall–Kier alpha value is 0.840. The van der Waals surface area contributed by atoms with Crippen molar-refractivity contribution in [3.63, 3.8) is 0 Å². The highest BCUT2D eigenvalue weighted by Crippen LogP contribution is 2.39. The zero-order valence-electron chi connectivity index (χ0n) is 22.2. The first-order valence-electron chi connectivity index (χ1n) is 12.9. The lowest BCUT2D eigenvalue weighted by Gasteiger charge is -2.31. The molecule has 2 aromatic rings. The molecule has 0 atom stereocenters. The number of hydrogen-bond donors (Lipinski definition) is 2. The summed E-state index contributed by atoms with van der Waals surface area (Å²) in [5, 5.41) is 2.15. The Balaban J connectivity index is 1.17. The van der Waals surface area contributed by atoms with Crippen LogP contribution in [0.1, 0.15) is 58.1 Å². The molecule has 2 aromatic heterocycles. The van der Waals surface area contributed by atoms with Crippen LogP contribution in [0.3, 0.4) is 0 Å². The Morgan fingerprint density at radius 1 is 0.757 bits per heavy atom. The minimum Gasteiger partial charge on any atom is -0.322 e. The predicted molar refractivity (Wildman–Crippen MR) is 181 cm³/mol. The number of nitrogens with zero attached hydrogens (tertiary/aromatic N) is 2. The molecule has 4 rings (SSSR count). The van der Waals surface area contributed by atoms with Crippen molar-refractivity contribution in [1.29, 1.82) is 0 Å². The first kappa shape index (κ1) is 30.8. The van der Waals surface area contributed by atoms with Crippen molar-refractivity contribution in [3.8, 4) is 0 Å². The van der Waals surface area contributed by atoms with Gasteiger partial charge in [0.2, 0.25) is 0 Å². The zero-order chi connectivity index (χ0) is 26.8. The molecule has 0 amide bonds. The van der Waals surface area contributed by atoms with Crippen LogP contribution in [0.15, 0.2) is 32.0 Å². The molecule has 37 heavy (non-hydrogen) atoms. The fourth-order valence-electron chi connectivity index (χ4n) is 4.98. The smallest absolute Gasteiger partial charge is 0.108 e. The second-order valence-electron chi connectivity index (χ2n) is 10.9. The van der Waals surface area contributed by atoms with Crippen LogP contribution in [0, 0.1) is 9.28 Å². The number of hydrogen-bond acceptors (Lipinski definition) is 8. The summed E-state index contributed by atoms with van der Waals surface area (Å²) in [5.41, 5.74) is 2.72. The third kappa shape index (κ3) is 7.19. The summed E-state index contributed by atoms with van der Waals surface area (Å²) >= 11 is 29.3. The molecule has 0 unspecified atom stereocenters. The number of pyridine rings is 2. The highest BCUT2D eigenvalue weighted by molar-refractivity contribution is 8.00. The van der Waals surface area contributed by atoms with Crippen molar-refractivity contribution in [2.75, 3.05) is 34.5 Å². The van der Waals surface area contributed by atoms with Crippen LogP contribution in [-0.4, -0.2) is 43.7 Å². The molecule has 2 nitrogen and oxygen atoms in total.